The number of amidine groups is 1. The van der Waals surface area contributed by atoms with Crippen molar-refractivity contribution in [1.82, 2.24) is 19.0 Å². The zero-order valence-corrected chi connectivity index (χ0v) is 18.3. The molecule has 160 valence electrons. The van der Waals surface area contributed by atoms with Crippen LogP contribution in [0, 0.1) is 11.3 Å². The summed E-state index contributed by atoms with van der Waals surface area (Å²) in [7, 11) is 1.93. The number of amides is 2. The molecule has 3 N–H and O–H groups in total. The number of nitrogens with one attached hydrogen (secondary N) is 1. The van der Waals surface area contributed by atoms with Gasteiger partial charge in [-0.25, -0.2) is 9.10 Å². The minimum Gasteiger partial charge on any atom is -0.384 e. The molecule has 1 aromatic carbocycles. The average Bonchev–Trinajstić information content (AvgIpc) is 3.14. The third kappa shape index (κ3) is 4.46. The minimum absolute atomic E-state index is 0.0182. The molecule has 2 aromatic rings. The van der Waals surface area contributed by atoms with Crippen molar-refractivity contribution in [1.29, 1.82) is 5.41 Å². The van der Waals surface area contributed by atoms with Gasteiger partial charge in [-0.3, -0.25) is 15.0 Å². The van der Waals surface area contributed by atoms with Crippen molar-refractivity contribution in [3.8, 4) is 0 Å². The molecule has 2 fully saturated rings. The van der Waals surface area contributed by atoms with Crippen molar-refractivity contribution in [3.05, 3.63) is 42.2 Å². The van der Waals surface area contributed by atoms with Crippen molar-refractivity contribution in [2.75, 3.05) is 31.1 Å². The Hall–Kier alpha value is -2.52. The summed E-state index contributed by atoms with van der Waals surface area (Å²) in [6.07, 6.45) is 5.85. The van der Waals surface area contributed by atoms with Gasteiger partial charge in [0, 0.05) is 56.7 Å². The highest BCUT2D eigenvalue weighted by atomic mass is 32.2. The summed E-state index contributed by atoms with van der Waals surface area (Å²) < 4.78 is 4.18. The molecule has 9 heteroatoms. The first-order valence-electron chi connectivity index (χ1n) is 10.3. The van der Waals surface area contributed by atoms with E-state index in [-0.39, 0.29) is 17.9 Å². The number of aryl methyl sites for hydroxylation is 1. The number of benzene rings is 1. The van der Waals surface area contributed by atoms with Gasteiger partial charge in [-0.2, -0.15) is 5.10 Å². The third-order valence-electron chi connectivity index (χ3n) is 5.73. The molecular formula is C21H29N7OS. The lowest BCUT2D eigenvalue weighted by Crippen LogP contribution is -2.58. The summed E-state index contributed by atoms with van der Waals surface area (Å²) in [6.45, 7) is 5.56. The van der Waals surface area contributed by atoms with Crippen LogP contribution in [-0.2, 0) is 7.05 Å². The van der Waals surface area contributed by atoms with Crippen LogP contribution in [0.15, 0.2) is 41.6 Å². The Balaban J connectivity index is 1.42. The topological polar surface area (TPSA) is 94.5 Å². The first kappa shape index (κ1) is 20.7. The zero-order chi connectivity index (χ0) is 21.3. The molecule has 2 aliphatic heterocycles. The molecule has 1 aromatic heterocycles. The number of aromatic nitrogens is 2. The van der Waals surface area contributed by atoms with Crippen LogP contribution in [0.25, 0.3) is 0 Å². The van der Waals surface area contributed by atoms with E-state index in [0.717, 1.165) is 43.1 Å². The number of nitrogens with two attached hydrogens (primary N) is 1. The number of nitrogens with zero attached hydrogens (tertiary/aromatic N) is 5. The van der Waals surface area contributed by atoms with Crippen LogP contribution in [0.3, 0.4) is 0 Å². The average molecular weight is 428 g/mol. The van der Waals surface area contributed by atoms with Gasteiger partial charge >= 0.3 is 6.03 Å². The van der Waals surface area contributed by atoms with E-state index in [4.69, 9.17) is 11.1 Å². The van der Waals surface area contributed by atoms with Crippen LogP contribution in [0.1, 0.15) is 25.3 Å². The molecule has 0 bridgehead atoms. The number of urea groups is 1. The predicted molar refractivity (Wildman–Crippen MR) is 120 cm³/mol. The normalized spacial score (nSPS) is 21.3. The lowest BCUT2D eigenvalue weighted by Gasteiger charge is -2.45. The van der Waals surface area contributed by atoms with Gasteiger partial charge in [-0.05, 0) is 42.8 Å². The maximum absolute atomic E-state index is 13.4. The number of nitrogen functional groups attached to an aromatic ring is 1. The Morgan fingerprint density at radius 2 is 2.03 bits per heavy atom. The van der Waals surface area contributed by atoms with Gasteiger partial charge in [0.05, 0.1) is 11.1 Å². The third-order valence-corrected chi connectivity index (χ3v) is 6.77. The maximum Gasteiger partial charge on any atom is 0.324 e. The van der Waals surface area contributed by atoms with Crippen molar-refractivity contribution >= 4 is 29.5 Å². The maximum atomic E-state index is 13.4. The molecule has 8 nitrogen and oxygen atoms in total. The van der Waals surface area contributed by atoms with E-state index in [9.17, 15) is 4.79 Å². The first-order chi connectivity index (χ1) is 14.4. The number of hydrogen-bond donors (Lipinski definition) is 2. The lowest BCUT2D eigenvalue weighted by molar-refractivity contribution is 0.129. The number of carbonyl (C=O) groups is 1. The van der Waals surface area contributed by atoms with E-state index in [2.05, 4.69) is 21.2 Å². The second-order valence-corrected chi connectivity index (χ2v) is 9.39. The summed E-state index contributed by atoms with van der Waals surface area (Å²) >= 11 is 1.74. The minimum atomic E-state index is 0.0182. The van der Waals surface area contributed by atoms with Gasteiger partial charge in [0.25, 0.3) is 0 Å². The van der Waals surface area contributed by atoms with Gasteiger partial charge in [0.15, 0.2) is 0 Å². The Kier molecular flexibility index (Phi) is 6.01. The number of piperidine rings is 1. The summed E-state index contributed by atoms with van der Waals surface area (Å²) in [6, 6.07) is 7.74. The Morgan fingerprint density at radius 1 is 1.27 bits per heavy atom. The van der Waals surface area contributed by atoms with Crippen LogP contribution in [0.2, 0.25) is 0 Å². The van der Waals surface area contributed by atoms with Crippen LogP contribution in [0.4, 0.5) is 10.5 Å². The molecule has 1 atom stereocenters. The largest absolute Gasteiger partial charge is 0.384 e. The highest BCUT2D eigenvalue weighted by molar-refractivity contribution is 7.97. The molecule has 0 spiro atoms. The molecule has 2 amide bonds. The number of carbonyl (C=O) groups excluding carboxylic acids is 1. The standard InChI is InChI=1S/C21H29N7OS/c1-15-12-27(17-6-8-26(9-7-17)30-19-11-24-25(2)14-19)21(29)28(13-15)18-5-3-4-16(10-18)20(22)23/h3-5,10-11,14-15,17H,6-9,12-13H2,1-2H3,(H3,22,23). The van der Waals surface area contributed by atoms with Gasteiger partial charge in [0.2, 0.25) is 0 Å². The number of anilines is 1. The first-order valence-corrected chi connectivity index (χ1v) is 11.1. The van der Waals surface area contributed by atoms with Crippen molar-refractivity contribution < 1.29 is 4.79 Å². The highest BCUT2D eigenvalue weighted by Crippen LogP contribution is 2.31. The second kappa shape index (κ2) is 8.69. The molecule has 0 saturated carbocycles. The molecule has 2 saturated heterocycles. The molecule has 4 rings (SSSR count). The smallest absolute Gasteiger partial charge is 0.324 e. The number of hydrogen-bond acceptors (Lipinski definition) is 5. The molecular weight excluding hydrogens is 398 g/mol. The molecule has 0 radical (unpaired) electrons. The lowest BCUT2D eigenvalue weighted by atomic mass is 10.00. The number of rotatable bonds is 5. The second-order valence-electron chi connectivity index (χ2n) is 8.22. The van der Waals surface area contributed by atoms with E-state index in [0.29, 0.717) is 18.0 Å². The van der Waals surface area contributed by atoms with Crippen LogP contribution >= 0.6 is 11.9 Å². The zero-order valence-electron chi connectivity index (χ0n) is 17.5. The van der Waals surface area contributed by atoms with Crippen LogP contribution < -0.4 is 10.6 Å². The van der Waals surface area contributed by atoms with Gasteiger partial charge in [-0.1, -0.05) is 19.1 Å². The van der Waals surface area contributed by atoms with E-state index in [1.165, 1.54) is 0 Å². The van der Waals surface area contributed by atoms with Crippen LogP contribution in [-0.4, -0.2) is 63.1 Å². The summed E-state index contributed by atoms with van der Waals surface area (Å²) in [5.74, 6) is 0.399. The molecule has 30 heavy (non-hydrogen) atoms. The predicted octanol–water partition coefficient (Wildman–Crippen LogP) is 2.75. The Morgan fingerprint density at radius 3 is 2.70 bits per heavy atom. The van der Waals surface area contributed by atoms with Crippen LogP contribution in [0.5, 0.6) is 0 Å². The fraction of sp³-hybridized carbons (Fsp3) is 0.476. The summed E-state index contributed by atoms with van der Waals surface area (Å²) in [4.78, 5) is 18.4. The van der Waals surface area contributed by atoms with E-state index < -0.39 is 0 Å². The SMILES string of the molecule is CC1CN(c2cccc(C(=N)N)c2)C(=O)N(C2CCN(Sc3cnn(C)c3)CC2)C1. The van der Waals surface area contributed by atoms with Gasteiger partial charge < -0.3 is 10.6 Å². The van der Waals surface area contributed by atoms with Gasteiger partial charge in [-0.15, -0.1) is 0 Å². The van der Waals surface area contributed by atoms with E-state index >= 15 is 0 Å². The molecule has 1 unspecified atom stereocenters. The van der Waals surface area contributed by atoms with E-state index in [1.807, 2.05) is 47.2 Å². The quantitative estimate of drug-likeness (QED) is 0.435. The summed E-state index contributed by atoms with van der Waals surface area (Å²) in [5, 5.41) is 11.9. The van der Waals surface area contributed by atoms with Crippen molar-refractivity contribution in [2.45, 2.75) is 30.7 Å². The van der Waals surface area contributed by atoms with Gasteiger partial charge in [0.1, 0.15) is 5.84 Å². The van der Waals surface area contributed by atoms with Crippen molar-refractivity contribution in [2.24, 2.45) is 18.7 Å². The summed E-state index contributed by atoms with van der Waals surface area (Å²) in [5.41, 5.74) is 7.10. The molecule has 3 heterocycles. The molecule has 0 aliphatic carbocycles. The molecule has 2 aliphatic rings. The highest BCUT2D eigenvalue weighted by Gasteiger charge is 2.36. The van der Waals surface area contributed by atoms with Crippen molar-refractivity contribution in [3.63, 3.8) is 0 Å². The Bertz CT molecular complexity index is 922. The Labute approximate surface area is 181 Å². The monoisotopic (exact) mass is 427 g/mol. The fourth-order valence-corrected chi connectivity index (χ4v) is 5.20. The fourth-order valence-electron chi connectivity index (χ4n) is 4.22. The van der Waals surface area contributed by atoms with E-state index in [1.54, 1.807) is 18.0 Å².